The van der Waals surface area contributed by atoms with Crippen LogP contribution in [0.3, 0.4) is 0 Å². The monoisotopic (exact) mass is 700 g/mol. The molecule has 246 valence electrons. The van der Waals surface area contributed by atoms with Crippen molar-refractivity contribution in [3.8, 4) is 0 Å². The van der Waals surface area contributed by atoms with Crippen LogP contribution >= 0.6 is 22.7 Å². The molecule has 12 rings (SSSR count). The van der Waals surface area contributed by atoms with Crippen molar-refractivity contribution in [3.05, 3.63) is 174 Å². The van der Waals surface area contributed by atoms with Gasteiger partial charge in [0.15, 0.2) is 0 Å². The highest BCUT2D eigenvalue weighted by Crippen LogP contribution is 2.52. The average Bonchev–Trinajstić information content (AvgIpc) is 3.78. The Bertz CT molecular complexity index is 3000. The van der Waals surface area contributed by atoms with Gasteiger partial charge in [0, 0.05) is 77.9 Å². The summed E-state index contributed by atoms with van der Waals surface area (Å²) in [7, 11) is 0. The van der Waals surface area contributed by atoms with Crippen molar-refractivity contribution >= 4 is 102 Å². The lowest BCUT2D eigenvalue weighted by Crippen LogP contribution is -2.24. The molecular formula is C48H32N2S2. The number of thiophene rings is 2. The highest BCUT2D eigenvalue weighted by molar-refractivity contribution is 7.33. The molecule has 0 atom stereocenters. The van der Waals surface area contributed by atoms with Gasteiger partial charge in [-0.3, -0.25) is 0 Å². The smallest absolute Gasteiger partial charge is 0.0540 e. The fraction of sp³-hybridized carbons (Fsp3) is 0.0833. The number of fused-ring (bicyclic) bond motifs is 13. The third kappa shape index (κ3) is 4.05. The van der Waals surface area contributed by atoms with Crippen molar-refractivity contribution in [2.24, 2.45) is 0 Å². The highest BCUT2D eigenvalue weighted by Gasteiger charge is 2.28. The van der Waals surface area contributed by atoms with E-state index < -0.39 is 0 Å². The number of nitrogens with zero attached hydrogens (tertiary/aromatic N) is 2. The van der Waals surface area contributed by atoms with E-state index in [-0.39, 0.29) is 0 Å². The van der Waals surface area contributed by atoms with Gasteiger partial charge in [0.25, 0.3) is 0 Å². The quantitative estimate of drug-likeness (QED) is 0.177. The molecule has 0 spiro atoms. The molecule has 0 unspecified atom stereocenters. The molecule has 52 heavy (non-hydrogen) atoms. The molecule has 9 aromatic rings. The summed E-state index contributed by atoms with van der Waals surface area (Å²) in [4.78, 5) is 5.02. The predicted octanol–water partition coefficient (Wildman–Crippen LogP) is 14.2. The lowest BCUT2D eigenvalue weighted by atomic mass is 9.90. The lowest BCUT2D eigenvalue weighted by Gasteiger charge is -2.36. The molecule has 7 aromatic carbocycles. The van der Waals surface area contributed by atoms with Gasteiger partial charge in [-0.2, -0.15) is 0 Å². The normalized spacial score (nSPS) is 15.2. The maximum absolute atomic E-state index is 2.55. The Morgan fingerprint density at radius 2 is 0.962 bits per heavy atom. The Balaban J connectivity index is 1.08. The van der Waals surface area contributed by atoms with Gasteiger partial charge in [0.05, 0.1) is 9.40 Å². The number of benzene rings is 7. The summed E-state index contributed by atoms with van der Waals surface area (Å²) < 4.78 is 5.48. The number of hydrogen-bond acceptors (Lipinski definition) is 4. The van der Waals surface area contributed by atoms with Crippen molar-refractivity contribution in [3.63, 3.8) is 0 Å². The number of rotatable bonds is 2. The molecule has 0 bridgehead atoms. The zero-order valence-electron chi connectivity index (χ0n) is 28.4. The molecule has 0 N–H and O–H groups in total. The molecule has 0 fully saturated rings. The van der Waals surface area contributed by atoms with Crippen molar-refractivity contribution < 1.29 is 0 Å². The van der Waals surface area contributed by atoms with Gasteiger partial charge in [0.2, 0.25) is 0 Å². The van der Waals surface area contributed by atoms with E-state index in [9.17, 15) is 0 Å². The van der Waals surface area contributed by atoms with E-state index in [1.165, 1.54) is 108 Å². The van der Waals surface area contributed by atoms with E-state index in [0.29, 0.717) is 0 Å². The molecule has 4 heterocycles. The Labute approximate surface area is 309 Å². The van der Waals surface area contributed by atoms with Crippen LogP contribution in [-0.4, -0.2) is 0 Å². The van der Waals surface area contributed by atoms with Gasteiger partial charge in [0.1, 0.15) is 0 Å². The number of allylic oxidation sites excluding steroid dienone is 4. The van der Waals surface area contributed by atoms with E-state index in [1.807, 2.05) is 22.7 Å². The summed E-state index contributed by atoms with van der Waals surface area (Å²) in [6, 6.07) is 50.2. The topological polar surface area (TPSA) is 6.48 Å². The molecule has 2 aromatic heterocycles. The number of hydrogen-bond donors (Lipinski definition) is 0. The van der Waals surface area contributed by atoms with Gasteiger partial charge < -0.3 is 9.80 Å². The van der Waals surface area contributed by atoms with Crippen molar-refractivity contribution in [2.75, 3.05) is 9.80 Å². The minimum Gasteiger partial charge on any atom is -0.314 e. The van der Waals surface area contributed by atoms with E-state index in [1.54, 1.807) is 0 Å². The first-order valence-electron chi connectivity index (χ1n) is 18.2. The molecule has 0 saturated carbocycles. The maximum Gasteiger partial charge on any atom is 0.0540 e. The van der Waals surface area contributed by atoms with Crippen LogP contribution in [0.2, 0.25) is 0 Å². The third-order valence-corrected chi connectivity index (χ3v) is 14.0. The van der Waals surface area contributed by atoms with Crippen LogP contribution in [0, 0.1) is 0 Å². The maximum atomic E-state index is 2.55. The standard InChI is InChI=1S/C48H32N2S2/c1-7-17-39-29(11-1)25-30-12-2-8-18-40(30)49(39)33-21-23-37-43(27-33)51-47-45(37)35-15-5-6-16-36(35)46-38-24-22-34(28-44(38)52-48(46)47)50-41-19-9-3-13-31(41)26-32-14-4-10-20-42(32)50/h1-9,11-19,21-24,27-28H,10,20,25-26H2. The Morgan fingerprint density at radius 3 is 1.56 bits per heavy atom. The van der Waals surface area contributed by atoms with Gasteiger partial charge >= 0.3 is 0 Å². The summed E-state index contributed by atoms with van der Waals surface area (Å²) in [5.41, 5.74) is 13.4. The van der Waals surface area contributed by atoms with Gasteiger partial charge in [-0.1, -0.05) is 103 Å². The average molecular weight is 701 g/mol. The first-order valence-corrected chi connectivity index (χ1v) is 19.9. The van der Waals surface area contributed by atoms with Crippen molar-refractivity contribution in [2.45, 2.75) is 25.7 Å². The van der Waals surface area contributed by atoms with E-state index in [2.05, 4.69) is 155 Å². The van der Waals surface area contributed by atoms with E-state index in [0.717, 1.165) is 25.7 Å². The summed E-state index contributed by atoms with van der Waals surface area (Å²) >= 11 is 3.93. The second-order valence-electron chi connectivity index (χ2n) is 14.3. The summed E-state index contributed by atoms with van der Waals surface area (Å²) in [5, 5.41) is 8.15. The number of anilines is 5. The molecule has 0 radical (unpaired) electrons. The van der Waals surface area contributed by atoms with Gasteiger partial charge in [-0.15, -0.1) is 22.7 Å². The molecular weight excluding hydrogens is 669 g/mol. The van der Waals surface area contributed by atoms with Crippen LogP contribution < -0.4 is 9.80 Å². The Kier molecular flexibility index (Phi) is 6.08. The van der Waals surface area contributed by atoms with Gasteiger partial charge in [-0.05, 0) is 88.3 Å². The fourth-order valence-electron chi connectivity index (χ4n) is 9.24. The molecule has 3 aliphatic rings. The van der Waals surface area contributed by atoms with Crippen LogP contribution in [0.25, 0.3) is 51.1 Å². The van der Waals surface area contributed by atoms with E-state index >= 15 is 0 Å². The molecule has 0 saturated heterocycles. The largest absolute Gasteiger partial charge is 0.314 e. The molecule has 0 amide bonds. The highest BCUT2D eigenvalue weighted by atomic mass is 32.1. The minimum absolute atomic E-state index is 0.964. The summed E-state index contributed by atoms with van der Waals surface area (Å²) in [6.45, 7) is 0. The first kappa shape index (κ1) is 29.0. The zero-order chi connectivity index (χ0) is 33.9. The second-order valence-corrected chi connectivity index (χ2v) is 16.4. The molecule has 1 aliphatic carbocycles. The van der Waals surface area contributed by atoms with Crippen molar-refractivity contribution in [1.29, 1.82) is 0 Å². The zero-order valence-corrected chi connectivity index (χ0v) is 30.0. The van der Waals surface area contributed by atoms with Crippen LogP contribution in [0.15, 0.2) is 157 Å². The lowest BCUT2D eigenvalue weighted by molar-refractivity contribution is 0.859. The van der Waals surface area contributed by atoms with Crippen molar-refractivity contribution in [1.82, 2.24) is 0 Å². The van der Waals surface area contributed by atoms with Gasteiger partial charge in [-0.25, -0.2) is 0 Å². The summed E-state index contributed by atoms with van der Waals surface area (Å²) in [5.74, 6) is 0. The number of para-hydroxylation sites is 3. The van der Waals surface area contributed by atoms with Crippen LogP contribution in [0.4, 0.5) is 28.4 Å². The molecule has 2 nitrogen and oxygen atoms in total. The Morgan fingerprint density at radius 1 is 0.462 bits per heavy atom. The Hall–Kier alpha value is -5.68. The molecule has 4 heteroatoms. The molecule has 2 aliphatic heterocycles. The van der Waals surface area contributed by atoms with Crippen LogP contribution in [0.1, 0.15) is 29.5 Å². The van der Waals surface area contributed by atoms with Crippen LogP contribution in [-0.2, 0) is 12.8 Å². The fourth-order valence-corrected chi connectivity index (χ4v) is 11.9. The first-order chi connectivity index (χ1) is 25.8. The predicted molar refractivity (Wildman–Crippen MR) is 225 cm³/mol. The van der Waals surface area contributed by atoms with E-state index in [4.69, 9.17) is 0 Å². The SMILES string of the molecule is C1=CC2=C(CC1)N(c1ccc3c(c1)sc1c4sc5cc(N6c7ccccc7Cc7ccccc76)ccc5c4c4ccccc4c31)c1ccccc1C2. The van der Waals surface area contributed by atoms with Crippen LogP contribution in [0.5, 0.6) is 0 Å². The third-order valence-electron chi connectivity index (χ3n) is 11.5. The summed E-state index contributed by atoms with van der Waals surface area (Å²) in [6.07, 6.45) is 8.85. The minimum atomic E-state index is 0.964. The second kappa shape index (κ2) is 10.9.